The third-order valence-corrected chi connectivity index (χ3v) is 3.35. The van der Waals surface area contributed by atoms with Crippen molar-refractivity contribution in [2.45, 2.75) is 12.5 Å². The molecule has 0 aliphatic heterocycles. The highest BCUT2D eigenvalue weighted by Crippen LogP contribution is 2.23. The fourth-order valence-electron chi connectivity index (χ4n) is 1.72. The van der Waals surface area contributed by atoms with Crippen molar-refractivity contribution in [2.24, 2.45) is 5.73 Å². The van der Waals surface area contributed by atoms with E-state index in [9.17, 15) is 4.39 Å². The molecule has 1 heterocycles. The zero-order chi connectivity index (χ0) is 13.1. The van der Waals surface area contributed by atoms with E-state index in [2.05, 4.69) is 20.9 Å². The van der Waals surface area contributed by atoms with Crippen molar-refractivity contribution in [1.82, 2.24) is 4.98 Å². The zero-order valence-corrected chi connectivity index (χ0v) is 11.2. The van der Waals surface area contributed by atoms with Crippen molar-refractivity contribution >= 4 is 21.7 Å². The van der Waals surface area contributed by atoms with Crippen LogP contribution in [0.3, 0.4) is 0 Å². The predicted octanol–water partition coefficient (Wildman–Crippen LogP) is 2.81. The predicted molar refractivity (Wildman–Crippen MR) is 73.4 cm³/mol. The van der Waals surface area contributed by atoms with Crippen LogP contribution in [0.1, 0.15) is 17.2 Å². The molecule has 0 fully saturated rings. The minimum atomic E-state index is -0.299. The van der Waals surface area contributed by atoms with Gasteiger partial charge in [0.05, 0.1) is 4.47 Å². The van der Waals surface area contributed by atoms with Crippen LogP contribution in [0.4, 0.5) is 10.2 Å². The summed E-state index contributed by atoms with van der Waals surface area (Å²) in [7, 11) is 0. The van der Waals surface area contributed by atoms with Gasteiger partial charge in [-0.2, -0.15) is 0 Å². The molecule has 4 N–H and O–H groups in total. The number of hydrogen-bond donors (Lipinski definition) is 2. The van der Waals surface area contributed by atoms with Crippen LogP contribution in [0.25, 0.3) is 0 Å². The van der Waals surface area contributed by atoms with Crippen molar-refractivity contribution in [2.75, 3.05) is 5.73 Å². The van der Waals surface area contributed by atoms with Gasteiger partial charge in [0.25, 0.3) is 0 Å². The van der Waals surface area contributed by atoms with Crippen molar-refractivity contribution in [3.05, 3.63) is 57.9 Å². The first kappa shape index (κ1) is 13.0. The summed E-state index contributed by atoms with van der Waals surface area (Å²) < 4.78 is 13.5. The van der Waals surface area contributed by atoms with Crippen LogP contribution in [0, 0.1) is 5.82 Å². The number of halogens is 2. The summed E-state index contributed by atoms with van der Waals surface area (Å²) in [5.41, 5.74) is 13.6. The lowest BCUT2D eigenvalue weighted by atomic mass is 10.0. The molecule has 0 radical (unpaired) electrons. The summed E-state index contributed by atoms with van der Waals surface area (Å²) >= 11 is 3.15. The standard InChI is InChI=1S/C13H13BrFN3/c14-10-6-8(3-4-11(10)15)12(16)7-9-2-1-5-18-13(9)17/h1-6,12H,7,16H2,(H2,17,18). The number of benzene rings is 1. The highest BCUT2D eigenvalue weighted by Gasteiger charge is 2.11. The van der Waals surface area contributed by atoms with E-state index >= 15 is 0 Å². The summed E-state index contributed by atoms with van der Waals surface area (Å²) in [6.07, 6.45) is 2.20. The van der Waals surface area contributed by atoms with Crippen molar-refractivity contribution in [1.29, 1.82) is 0 Å². The van der Waals surface area contributed by atoms with Gasteiger partial charge in [-0.05, 0) is 51.7 Å². The molecule has 94 valence electrons. The van der Waals surface area contributed by atoms with Crippen LogP contribution in [0.15, 0.2) is 41.0 Å². The molecular formula is C13H13BrFN3. The molecule has 0 bridgehead atoms. The Balaban J connectivity index is 2.19. The Labute approximate surface area is 113 Å². The molecular weight excluding hydrogens is 297 g/mol. The van der Waals surface area contributed by atoms with E-state index in [0.29, 0.717) is 16.7 Å². The number of nitrogen functional groups attached to an aromatic ring is 1. The normalized spacial score (nSPS) is 12.4. The zero-order valence-electron chi connectivity index (χ0n) is 9.61. The molecule has 0 saturated carbocycles. The number of nitrogens with zero attached hydrogens (tertiary/aromatic N) is 1. The summed E-state index contributed by atoms with van der Waals surface area (Å²) in [6.45, 7) is 0. The third-order valence-electron chi connectivity index (χ3n) is 2.74. The third kappa shape index (κ3) is 2.86. The van der Waals surface area contributed by atoms with Gasteiger partial charge in [0.2, 0.25) is 0 Å². The van der Waals surface area contributed by atoms with Gasteiger partial charge in [-0.15, -0.1) is 0 Å². The quantitative estimate of drug-likeness (QED) is 0.916. The Kier molecular flexibility index (Phi) is 3.93. The molecule has 0 aliphatic carbocycles. The number of rotatable bonds is 3. The average Bonchev–Trinajstić information content (AvgIpc) is 2.35. The van der Waals surface area contributed by atoms with Crippen LogP contribution in [0.2, 0.25) is 0 Å². The van der Waals surface area contributed by atoms with E-state index < -0.39 is 0 Å². The van der Waals surface area contributed by atoms with Crippen molar-refractivity contribution in [3.63, 3.8) is 0 Å². The van der Waals surface area contributed by atoms with Crippen molar-refractivity contribution in [3.8, 4) is 0 Å². The van der Waals surface area contributed by atoms with Crippen molar-refractivity contribution < 1.29 is 4.39 Å². The molecule has 0 amide bonds. The Morgan fingerprint density at radius 3 is 2.78 bits per heavy atom. The lowest BCUT2D eigenvalue weighted by Crippen LogP contribution is -2.14. The molecule has 1 unspecified atom stereocenters. The molecule has 1 aromatic carbocycles. The Bertz CT molecular complexity index is 560. The maximum atomic E-state index is 13.1. The maximum absolute atomic E-state index is 13.1. The van der Waals surface area contributed by atoms with Gasteiger partial charge in [0.15, 0.2) is 0 Å². The van der Waals surface area contributed by atoms with Gasteiger partial charge in [0.1, 0.15) is 11.6 Å². The second kappa shape index (κ2) is 5.46. The summed E-state index contributed by atoms with van der Waals surface area (Å²) in [6, 6.07) is 8.23. The monoisotopic (exact) mass is 309 g/mol. The van der Waals surface area contributed by atoms with Crippen LogP contribution >= 0.6 is 15.9 Å². The van der Waals surface area contributed by atoms with Crippen LogP contribution in [-0.4, -0.2) is 4.98 Å². The number of hydrogen-bond acceptors (Lipinski definition) is 3. The maximum Gasteiger partial charge on any atom is 0.137 e. The highest BCUT2D eigenvalue weighted by molar-refractivity contribution is 9.10. The molecule has 1 aromatic heterocycles. The van der Waals surface area contributed by atoms with E-state index in [-0.39, 0.29) is 11.9 Å². The molecule has 0 spiro atoms. The molecule has 5 heteroatoms. The minimum absolute atomic E-state index is 0.242. The van der Waals surface area contributed by atoms with Gasteiger partial charge in [0, 0.05) is 12.2 Å². The summed E-state index contributed by atoms with van der Waals surface area (Å²) in [5.74, 6) is 0.181. The van der Waals surface area contributed by atoms with Gasteiger partial charge in [-0.25, -0.2) is 9.37 Å². The lowest BCUT2D eigenvalue weighted by Gasteiger charge is -2.13. The van der Waals surface area contributed by atoms with E-state index in [4.69, 9.17) is 11.5 Å². The second-order valence-corrected chi connectivity index (χ2v) is 4.89. The van der Waals surface area contributed by atoms with Gasteiger partial charge in [-0.3, -0.25) is 0 Å². The minimum Gasteiger partial charge on any atom is -0.383 e. The molecule has 0 aliphatic rings. The Hall–Kier alpha value is -1.46. The summed E-state index contributed by atoms with van der Waals surface area (Å²) in [5, 5.41) is 0. The van der Waals surface area contributed by atoms with Gasteiger partial charge < -0.3 is 11.5 Å². The topological polar surface area (TPSA) is 64.9 Å². The smallest absolute Gasteiger partial charge is 0.137 e. The fraction of sp³-hybridized carbons (Fsp3) is 0.154. The van der Waals surface area contributed by atoms with E-state index in [0.717, 1.165) is 11.1 Å². The molecule has 0 saturated heterocycles. The van der Waals surface area contributed by atoms with Crippen LogP contribution in [0.5, 0.6) is 0 Å². The number of aromatic nitrogens is 1. The summed E-state index contributed by atoms with van der Waals surface area (Å²) in [4.78, 5) is 4.01. The highest BCUT2D eigenvalue weighted by atomic mass is 79.9. The molecule has 1 atom stereocenters. The first-order valence-corrected chi connectivity index (χ1v) is 6.27. The van der Waals surface area contributed by atoms with E-state index in [1.54, 1.807) is 18.3 Å². The molecule has 2 aromatic rings. The number of pyridine rings is 1. The lowest BCUT2D eigenvalue weighted by molar-refractivity contribution is 0.617. The largest absolute Gasteiger partial charge is 0.383 e. The number of anilines is 1. The second-order valence-electron chi connectivity index (χ2n) is 4.03. The van der Waals surface area contributed by atoms with Gasteiger partial charge >= 0.3 is 0 Å². The number of nitrogens with two attached hydrogens (primary N) is 2. The van der Waals surface area contributed by atoms with Crippen LogP contribution in [-0.2, 0) is 6.42 Å². The average molecular weight is 310 g/mol. The fourth-order valence-corrected chi connectivity index (χ4v) is 2.12. The SMILES string of the molecule is Nc1ncccc1CC(N)c1ccc(F)c(Br)c1. The van der Waals surface area contributed by atoms with E-state index in [1.807, 2.05) is 12.1 Å². The molecule has 2 rings (SSSR count). The molecule has 3 nitrogen and oxygen atoms in total. The Morgan fingerprint density at radius 1 is 1.33 bits per heavy atom. The van der Waals surface area contributed by atoms with Gasteiger partial charge in [-0.1, -0.05) is 12.1 Å². The van der Waals surface area contributed by atoms with E-state index in [1.165, 1.54) is 6.07 Å². The first-order chi connectivity index (χ1) is 8.58. The first-order valence-electron chi connectivity index (χ1n) is 5.48. The molecule has 18 heavy (non-hydrogen) atoms. The van der Waals surface area contributed by atoms with Crippen LogP contribution < -0.4 is 11.5 Å². The Morgan fingerprint density at radius 2 is 2.11 bits per heavy atom.